The van der Waals surface area contributed by atoms with Gasteiger partial charge in [-0.3, -0.25) is 0 Å². The van der Waals surface area contributed by atoms with E-state index >= 15 is 0 Å². The lowest BCUT2D eigenvalue weighted by Crippen LogP contribution is -2.32. The molecule has 1 aliphatic heterocycles. The molecule has 1 aliphatic carbocycles. The standard InChI is InChI=1S/C59H39NO/c1-2-14-40(15-3-1)41-28-33-46(34-29-41)60(47-35-30-43(31-36-47)50-22-13-17-42-16-4-5-20-49(42)50)48-19-12-18-44(38-48)45-32-37-54-52(39-45)51-21-6-7-23-53(51)59(54)55-24-8-10-26-57(55)61-58-27-11-9-25-56(58)59/h1-39H. The molecule has 0 radical (unpaired) electrons. The minimum atomic E-state index is -0.487. The second-order valence-electron chi connectivity index (χ2n) is 16.0. The predicted octanol–water partition coefficient (Wildman–Crippen LogP) is 15.8. The molecule has 1 heterocycles. The van der Waals surface area contributed by atoms with Crippen molar-refractivity contribution in [3.8, 4) is 56.0 Å². The molecule has 0 saturated heterocycles. The summed E-state index contributed by atoms with van der Waals surface area (Å²) in [6.45, 7) is 0. The highest BCUT2D eigenvalue weighted by atomic mass is 16.5. The Hall–Kier alpha value is -7.94. The van der Waals surface area contributed by atoms with Gasteiger partial charge in [0.15, 0.2) is 0 Å². The van der Waals surface area contributed by atoms with Gasteiger partial charge in [0, 0.05) is 28.2 Å². The van der Waals surface area contributed by atoms with Gasteiger partial charge < -0.3 is 9.64 Å². The number of anilines is 3. The van der Waals surface area contributed by atoms with Gasteiger partial charge >= 0.3 is 0 Å². The Morgan fingerprint density at radius 3 is 1.56 bits per heavy atom. The van der Waals surface area contributed by atoms with Crippen molar-refractivity contribution in [3.05, 3.63) is 259 Å². The van der Waals surface area contributed by atoms with Crippen LogP contribution in [0.2, 0.25) is 0 Å². The molecule has 1 spiro atoms. The first-order valence-corrected chi connectivity index (χ1v) is 21.0. The van der Waals surface area contributed by atoms with E-state index in [0.29, 0.717) is 0 Å². The van der Waals surface area contributed by atoms with Crippen molar-refractivity contribution in [2.45, 2.75) is 5.41 Å². The van der Waals surface area contributed by atoms with E-state index in [-0.39, 0.29) is 0 Å². The number of ether oxygens (including phenoxy) is 1. The molecule has 0 atom stereocenters. The zero-order chi connectivity index (χ0) is 40.3. The largest absolute Gasteiger partial charge is 0.457 e. The van der Waals surface area contributed by atoms with E-state index in [1.54, 1.807) is 0 Å². The zero-order valence-corrected chi connectivity index (χ0v) is 33.4. The van der Waals surface area contributed by atoms with Crippen LogP contribution in [-0.2, 0) is 5.41 Å². The maximum absolute atomic E-state index is 6.57. The highest BCUT2D eigenvalue weighted by Gasteiger charge is 2.50. The molecule has 2 heteroatoms. The number of benzene rings is 10. The minimum absolute atomic E-state index is 0.487. The molecule has 12 rings (SSSR count). The van der Waals surface area contributed by atoms with E-state index in [2.05, 4.69) is 241 Å². The quantitative estimate of drug-likeness (QED) is 0.167. The number of hydrogen-bond donors (Lipinski definition) is 0. The summed E-state index contributed by atoms with van der Waals surface area (Å²) in [7, 11) is 0. The van der Waals surface area contributed by atoms with Gasteiger partial charge in [-0.25, -0.2) is 0 Å². The zero-order valence-electron chi connectivity index (χ0n) is 33.4. The Morgan fingerprint density at radius 1 is 0.295 bits per heavy atom. The summed E-state index contributed by atoms with van der Waals surface area (Å²) in [6.07, 6.45) is 0. The van der Waals surface area contributed by atoms with Crippen molar-refractivity contribution in [3.63, 3.8) is 0 Å². The van der Waals surface area contributed by atoms with E-state index in [4.69, 9.17) is 4.74 Å². The Kier molecular flexibility index (Phi) is 8.11. The van der Waals surface area contributed by atoms with Crippen molar-refractivity contribution in [1.29, 1.82) is 0 Å². The van der Waals surface area contributed by atoms with E-state index < -0.39 is 5.41 Å². The van der Waals surface area contributed by atoms with Crippen LogP contribution in [0.25, 0.3) is 55.3 Å². The first-order valence-electron chi connectivity index (χ1n) is 21.0. The minimum Gasteiger partial charge on any atom is -0.457 e. The molecule has 10 aromatic carbocycles. The molecule has 2 aliphatic rings. The molecule has 0 unspecified atom stereocenters. The average molecular weight is 778 g/mol. The third-order valence-corrected chi connectivity index (χ3v) is 12.7. The normalized spacial score (nSPS) is 12.9. The van der Waals surface area contributed by atoms with E-state index in [9.17, 15) is 0 Å². The van der Waals surface area contributed by atoms with E-state index in [0.717, 1.165) is 34.1 Å². The van der Waals surface area contributed by atoms with Crippen molar-refractivity contribution >= 4 is 27.8 Å². The van der Waals surface area contributed by atoms with E-state index in [1.165, 1.54) is 72.0 Å². The molecule has 286 valence electrons. The Bertz CT molecular complexity index is 3220. The van der Waals surface area contributed by atoms with Crippen LogP contribution in [0.4, 0.5) is 17.1 Å². The molecule has 0 saturated carbocycles. The summed E-state index contributed by atoms with van der Waals surface area (Å²) >= 11 is 0. The summed E-state index contributed by atoms with van der Waals surface area (Å²) in [5.41, 5.74) is 17.4. The fraction of sp³-hybridized carbons (Fsp3) is 0.0169. The van der Waals surface area contributed by atoms with Crippen LogP contribution in [-0.4, -0.2) is 0 Å². The predicted molar refractivity (Wildman–Crippen MR) is 252 cm³/mol. The maximum atomic E-state index is 6.57. The summed E-state index contributed by atoms with van der Waals surface area (Å²) < 4.78 is 6.57. The first-order chi connectivity index (χ1) is 30.2. The number of rotatable bonds is 6. The number of para-hydroxylation sites is 2. The van der Waals surface area contributed by atoms with Crippen LogP contribution < -0.4 is 9.64 Å². The molecule has 0 aromatic heterocycles. The Balaban J connectivity index is 0.984. The van der Waals surface area contributed by atoms with Crippen LogP contribution in [0.15, 0.2) is 237 Å². The third kappa shape index (κ3) is 5.57. The van der Waals surface area contributed by atoms with Gasteiger partial charge in [0.05, 0.1) is 5.41 Å². The molecular weight excluding hydrogens is 739 g/mol. The van der Waals surface area contributed by atoms with Crippen molar-refractivity contribution in [1.82, 2.24) is 0 Å². The summed E-state index contributed by atoms with van der Waals surface area (Å²) in [5.74, 6) is 1.81. The third-order valence-electron chi connectivity index (χ3n) is 12.7. The topological polar surface area (TPSA) is 12.5 Å². The monoisotopic (exact) mass is 777 g/mol. The maximum Gasteiger partial charge on any atom is 0.132 e. The van der Waals surface area contributed by atoms with Crippen LogP contribution in [0.3, 0.4) is 0 Å². The lowest BCUT2D eigenvalue weighted by molar-refractivity contribution is 0.436. The van der Waals surface area contributed by atoms with Crippen LogP contribution >= 0.6 is 0 Å². The highest BCUT2D eigenvalue weighted by Crippen LogP contribution is 2.62. The highest BCUT2D eigenvalue weighted by molar-refractivity contribution is 5.97. The second kappa shape index (κ2) is 14.1. The molecule has 0 N–H and O–H groups in total. The number of nitrogens with zero attached hydrogens (tertiary/aromatic N) is 1. The van der Waals surface area contributed by atoms with Crippen molar-refractivity contribution < 1.29 is 4.74 Å². The molecule has 0 fully saturated rings. The fourth-order valence-corrected chi connectivity index (χ4v) is 10.0. The Labute approximate surface area is 356 Å². The van der Waals surface area contributed by atoms with Crippen molar-refractivity contribution in [2.24, 2.45) is 0 Å². The van der Waals surface area contributed by atoms with Gasteiger partial charge in [-0.05, 0) is 121 Å². The Morgan fingerprint density at radius 2 is 0.803 bits per heavy atom. The molecule has 61 heavy (non-hydrogen) atoms. The van der Waals surface area contributed by atoms with E-state index in [1.807, 2.05) is 0 Å². The lowest BCUT2D eigenvalue weighted by Gasteiger charge is -2.39. The molecule has 0 bridgehead atoms. The summed E-state index contributed by atoms with van der Waals surface area (Å²) in [4.78, 5) is 2.37. The average Bonchev–Trinajstić information content (AvgIpc) is 3.62. The SMILES string of the molecule is c1ccc(-c2ccc(N(c3ccc(-c4cccc5ccccc45)cc3)c3cccc(-c4ccc5c(c4)-c4ccccc4C54c5ccccc5Oc5ccccc54)c3)cc2)cc1. The van der Waals surface area contributed by atoms with Gasteiger partial charge in [-0.15, -0.1) is 0 Å². The van der Waals surface area contributed by atoms with Crippen LogP contribution in [0, 0.1) is 0 Å². The number of hydrogen-bond acceptors (Lipinski definition) is 2. The summed E-state index contributed by atoms with van der Waals surface area (Å²) in [6, 6.07) is 85.8. The van der Waals surface area contributed by atoms with Crippen LogP contribution in [0.5, 0.6) is 11.5 Å². The second-order valence-corrected chi connectivity index (χ2v) is 16.0. The lowest BCUT2D eigenvalue weighted by atomic mass is 9.66. The summed E-state index contributed by atoms with van der Waals surface area (Å²) in [5, 5.41) is 2.50. The van der Waals surface area contributed by atoms with Gasteiger partial charge in [-0.1, -0.05) is 182 Å². The van der Waals surface area contributed by atoms with Gasteiger partial charge in [0.1, 0.15) is 11.5 Å². The van der Waals surface area contributed by atoms with Crippen molar-refractivity contribution in [2.75, 3.05) is 4.90 Å². The smallest absolute Gasteiger partial charge is 0.132 e. The van der Waals surface area contributed by atoms with Crippen LogP contribution in [0.1, 0.15) is 22.3 Å². The molecule has 2 nitrogen and oxygen atoms in total. The fourth-order valence-electron chi connectivity index (χ4n) is 10.0. The first kappa shape index (κ1) is 35.0. The van der Waals surface area contributed by atoms with Gasteiger partial charge in [0.2, 0.25) is 0 Å². The van der Waals surface area contributed by atoms with Gasteiger partial charge in [-0.2, -0.15) is 0 Å². The molecule has 0 amide bonds. The molecular formula is C59H39NO. The molecule has 10 aromatic rings. The number of fused-ring (bicyclic) bond motifs is 10. The van der Waals surface area contributed by atoms with Gasteiger partial charge in [0.25, 0.3) is 0 Å².